The van der Waals surface area contributed by atoms with Crippen LogP contribution in [0, 0.1) is 0 Å². The molecule has 2 amide bonds. The number of sulfonamides is 1. The molecule has 0 spiro atoms. The van der Waals surface area contributed by atoms with Crippen molar-refractivity contribution in [3.05, 3.63) is 78.4 Å². The second-order valence-electron chi connectivity index (χ2n) is 6.58. The molecule has 3 rings (SSSR count). The maximum absolute atomic E-state index is 12.3. The Labute approximate surface area is 180 Å². The molecule has 3 aromatic rings. The third kappa shape index (κ3) is 5.68. The van der Waals surface area contributed by atoms with Crippen LogP contribution in [0.3, 0.4) is 0 Å². The van der Waals surface area contributed by atoms with Gasteiger partial charge >= 0.3 is 0 Å². The van der Waals surface area contributed by atoms with Crippen molar-refractivity contribution < 1.29 is 22.7 Å². The predicted octanol–water partition coefficient (Wildman–Crippen LogP) is 2.38. The molecule has 0 radical (unpaired) electrons. The Morgan fingerprint density at radius 3 is 2.19 bits per heavy atom. The van der Waals surface area contributed by atoms with Gasteiger partial charge in [-0.1, -0.05) is 30.3 Å². The Bertz CT molecular complexity index is 1190. The first-order valence-electron chi connectivity index (χ1n) is 9.22. The highest BCUT2D eigenvalue weighted by molar-refractivity contribution is 7.89. The number of carbonyl (C=O) groups excluding carboxylic acids is 2. The fraction of sp³-hybridized carbons (Fsp3) is 0.0909. The van der Waals surface area contributed by atoms with Crippen LogP contribution in [0.4, 0.5) is 5.69 Å². The molecular weight excluding hydrogens is 418 g/mol. The van der Waals surface area contributed by atoms with Crippen molar-refractivity contribution in [2.24, 2.45) is 5.14 Å². The van der Waals surface area contributed by atoms with Gasteiger partial charge in [0.15, 0.2) is 0 Å². The fourth-order valence-electron chi connectivity index (χ4n) is 2.90. The third-order valence-electron chi connectivity index (χ3n) is 4.43. The summed E-state index contributed by atoms with van der Waals surface area (Å²) in [5, 5.41) is 10.5. The van der Waals surface area contributed by atoms with Crippen molar-refractivity contribution in [1.82, 2.24) is 5.32 Å². The lowest BCUT2D eigenvalue weighted by Gasteiger charge is -2.10. The number of rotatable bonds is 7. The maximum atomic E-state index is 12.3. The van der Waals surface area contributed by atoms with Crippen LogP contribution in [0.2, 0.25) is 0 Å². The zero-order chi connectivity index (χ0) is 22.4. The molecule has 3 aromatic carbocycles. The van der Waals surface area contributed by atoms with Crippen molar-refractivity contribution in [3.8, 4) is 16.9 Å². The molecule has 31 heavy (non-hydrogen) atoms. The van der Waals surface area contributed by atoms with Gasteiger partial charge in [-0.3, -0.25) is 9.59 Å². The lowest BCUT2D eigenvalue weighted by atomic mass is 10.0. The quantitative estimate of drug-likeness (QED) is 0.521. The van der Waals surface area contributed by atoms with E-state index in [-0.39, 0.29) is 17.3 Å². The maximum Gasteiger partial charge on any atom is 0.251 e. The van der Waals surface area contributed by atoms with Crippen LogP contribution in [0.25, 0.3) is 11.1 Å². The first kappa shape index (κ1) is 22.0. The lowest BCUT2D eigenvalue weighted by Crippen LogP contribution is -2.32. The molecule has 0 bridgehead atoms. The first-order chi connectivity index (χ1) is 14.8. The minimum absolute atomic E-state index is 0.00223. The number of nitrogens with one attached hydrogen (secondary N) is 2. The van der Waals surface area contributed by atoms with Crippen LogP contribution in [-0.4, -0.2) is 33.9 Å². The number of hydrogen-bond donors (Lipinski definition) is 3. The number of ether oxygens (including phenoxy) is 1. The number of nitrogens with two attached hydrogens (primary N) is 1. The van der Waals surface area contributed by atoms with E-state index >= 15 is 0 Å². The number of amides is 2. The zero-order valence-corrected chi connectivity index (χ0v) is 17.5. The average Bonchev–Trinajstić information content (AvgIpc) is 2.77. The van der Waals surface area contributed by atoms with Gasteiger partial charge in [0.05, 0.1) is 18.6 Å². The topological polar surface area (TPSA) is 128 Å². The molecule has 0 aliphatic rings. The van der Waals surface area contributed by atoms with Gasteiger partial charge in [0.25, 0.3) is 5.91 Å². The van der Waals surface area contributed by atoms with E-state index in [1.165, 1.54) is 6.07 Å². The summed E-state index contributed by atoms with van der Waals surface area (Å²) < 4.78 is 28.6. The Morgan fingerprint density at radius 1 is 0.935 bits per heavy atom. The Hall–Kier alpha value is -3.69. The second-order valence-corrected chi connectivity index (χ2v) is 8.11. The molecule has 9 heteroatoms. The van der Waals surface area contributed by atoms with Crippen LogP contribution < -0.4 is 20.5 Å². The lowest BCUT2D eigenvalue weighted by molar-refractivity contribution is -0.115. The highest BCUT2D eigenvalue weighted by Crippen LogP contribution is 2.26. The van der Waals surface area contributed by atoms with Gasteiger partial charge < -0.3 is 15.4 Å². The van der Waals surface area contributed by atoms with Crippen LogP contribution >= 0.6 is 0 Å². The Morgan fingerprint density at radius 2 is 1.58 bits per heavy atom. The summed E-state index contributed by atoms with van der Waals surface area (Å²) in [6, 6.07) is 19.5. The third-order valence-corrected chi connectivity index (χ3v) is 5.40. The summed E-state index contributed by atoms with van der Waals surface area (Å²) in [5.41, 5.74) is 1.95. The monoisotopic (exact) mass is 439 g/mol. The summed E-state index contributed by atoms with van der Waals surface area (Å²) in [6.07, 6.45) is 0. The first-order valence-corrected chi connectivity index (χ1v) is 10.8. The van der Waals surface area contributed by atoms with Crippen molar-refractivity contribution in [1.29, 1.82) is 0 Å². The molecule has 0 aliphatic heterocycles. The summed E-state index contributed by atoms with van der Waals surface area (Å²) >= 11 is 0. The van der Waals surface area contributed by atoms with Gasteiger partial charge in [-0.05, 0) is 48.0 Å². The molecule has 0 heterocycles. The highest BCUT2D eigenvalue weighted by atomic mass is 32.2. The van der Waals surface area contributed by atoms with E-state index in [0.717, 1.165) is 0 Å². The second kappa shape index (κ2) is 9.41. The van der Waals surface area contributed by atoms with Gasteiger partial charge in [-0.2, -0.15) is 0 Å². The number of methoxy groups -OCH3 is 1. The van der Waals surface area contributed by atoms with Crippen LogP contribution in [0.15, 0.2) is 77.7 Å². The summed E-state index contributed by atoms with van der Waals surface area (Å²) in [7, 11) is -2.34. The number of primary sulfonamides is 1. The van der Waals surface area contributed by atoms with E-state index < -0.39 is 15.9 Å². The van der Waals surface area contributed by atoms with Gasteiger partial charge in [0, 0.05) is 16.8 Å². The summed E-state index contributed by atoms with van der Waals surface area (Å²) in [6.45, 7) is -0.207. The molecule has 0 aliphatic carbocycles. The van der Waals surface area contributed by atoms with Crippen LogP contribution in [-0.2, 0) is 14.8 Å². The van der Waals surface area contributed by atoms with Gasteiger partial charge in [0.1, 0.15) is 5.75 Å². The molecular formula is C22H21N3O5S. The summed E-state index contributed by atoms with van der Waals surface area (Å²) in [4.78, 5) is 24.4. The van der Waals surface area contributed by atoms with Gasteiger partial charge in [0.2, 0.25) is 15.9 Å². The van der Waals surface area contributed by atoms with E-state index in [1.54, 1.807) is 73.8 Å². The normalized spacial score (nSPS) is 10.9. The Kier molecular flexibility index (Phi) is 6.68. The van der Waals surface area contributed by atoms with Crippen LogP contribution in [0.1, 0.15) is 10.4 Å². The summed E-state index contributed by atoms with van der Waals surface area (Å²) in [5.74, 6) is -0.144. The minimum atomic E-state index is -3.89. The predicted molar refractivity (Wildman–Crippen MR) is 117 cm³/mol. The van der Waals surface area contributed by atoms with Crippen LogP contribution in [0.5, 0.6) is 5.75 Å². The number of benzene rings is 3. The largest absolute Gasteiger partial charge is 0.497 e. The molecule has 160 valence electrons. The molecule has 0 saturated heterocycles. The van der Waals surface area contributed by atoms with Crippen molar-refractivity contribution in [2.75, 3.05) is 19.0 Å². The average molecular weight is 439 g/mol. The smallest absolute Gasteiger partial charge is 0.251 e. The van der Waals surface area contributed by atoms with Gasteiger partial charge in [-0.15, -0.1) is 0 Å². The SMILES string of the molecule is COc1ccc(NC(=O)CNC(=O)c2ccc(-c3ccccc3S(N)(=O)=O)cc2)cc1. The van der Waals surface area contributed by atoms with Gasteiger partial charge in [-0.25, -0.2) is 13.6 Å². The molecule has 4 N–H and O–H groups in total. The van der Waals surface area contributed by atoms with E-state index in [2.05, 4.69) is 10.6 Å². The van der Waals surface area contributed by atoms with E-state index in [1.807, 2.05) is 0 Å². The van der Waals surface area contributed by atoms with E-state index in [0.29, 0.717) is 28.1 Å². The number of hydrogen-bond acceptors (Lipinski definition) is 5. The molecule has 0 aromatic heterocycles. The zero-order valence-electron chi connectivity index (χ0n) is 16.7. The number of carbonyl (C=O) groups is 2. The minimum Gasteiger partial charge on any atom is -0.497 e. The molecule has 0 saturated carbocycles. The van der Waals surface area contributed by atoms with Crippen molar-refractivity contribution >= 4 is 27.5 Å². The number of anilines is 1. The standard InChI is InChI=1S/C22H21N3O5S/c1-30-18-12-10-17(11-13-18)25-21(26)14-24-22(27)16-8-6-15(7-9-16)19-4-2-3-5-20(19)31(23,28)29/h2-13H,14H2,1H3,(H,24,27)(H,25,26)(H2,23,28,29). The highest BCUT2D eigenvalue weighted by Gasteiger charge is 2.15. The molecule has 0 atom stereocenters. The Balaban J connectivity index is 1.62. The fourth-order valence-corrected chi connectivity index (χ4v) is 3.66. The van der Waals surface area contributed by atoms with Crippen molar-refractivity contribution in [2.45, 2.75) is 4.90 Å². The van der Waals surface area contributed by atoms with Crippen molar-refractivity contribution in [3.63, 3.8) is 0 Å². The molecule has 0 fully saturated rings. The molecule has 8 nitrogen and oxygen atoms in total. The van der Waals surface area contributed by atoms with E-state index in [9.17, 15) is 18.0 Å². The molecule has 0 unspecified atom stereocenters. The van der Waals surface area contributed by atoms with E-state index in [4.69, 9.17) is 9.88 Å².